The Balaban J connectivity index is 1.66. The fourth-order valence-corrected chi connectivity index (χ4v) is 3.20. The average molecular weight is 347 g/mol. The lowest BCUT2D eigenvalue weighted by Crippen LogP contribution is -2.40. The molecule has 1 aromatic carbocycles. The smallest absolute Gasteiger partial charge is 0.315 e. The summed E-state index contributed by atoms with van der Waals surface area (Å²) in [6.07, 6.45) is 4.23. The van der Waals surface area contributed by atoms with Gasteiger partial charge in [0.15, 0.2) is 0 Å². The first-order valence-corrected chi connectivity index (χ1v) is 8.64. The van der Waals surface area contributed by atoms with E-state index in [-0.39, 0.29) is 18.1 Å². The molecule has 3 rings (SSSR count). The zero-order chi connectivity index (χ0) is 17.3. The van der Waals surface area contributed by atoms with Crippen molar-refractivity contribution >= 4 is 17.6 Å². The molecule has 1 heterocycles. The molecule has 2 atom stereocenters. The molecular weight excluding hydrogens is 324 g/mol. The van der Waals surface area contributed by atoms with Gasteiger partial charge in [0, 0.05) is 23.8 Å². The van der Waals surface area contributed by atoms with Crippen molar-refractivity contribution in [3.63, 3.8) is 0 Å². The van der Waals surface area contributed by atoms with E-state index in [1.165, 1.54) is 0 Å². The van der Waals surface area contributed by atoms with Crippen LogP contribution in [0.3, 0.4) is 0 Å². The SMILES string of the molecule is Cc1nn(C)cc1[C@@H](C)NC(=O)N[C@H](c1ccc(Cl)cc1)C1CC1. The number of amides is 2. The lowest BCUT2D eigenvalue weighted by Gasteiger charge is -2.21. The first-order valence-electron chi connectivity index (χ1n) is 8.26. The number of nitrogens with one attached hydrogen (secondary N) is 2. The van der Waals surface area contributed by atoms with Crippen molar-refractivity contribution in [2.45, 2.75) is 38.8 Å². The molecule has 1 aliphatic carbocycles. The molecule has 0 bridgehead atoms. The Kier molecular flexibility index (Phi) is 4.81. The number of aryl methyl sites for hydroxylation is 2. The van der Waals surface area contributed by atoms with Crippen molar-refractivity contribution in [2.24, 2.45) is 13.0 Å². The number of hydrogen-bond donors (Lipinski definition) is 2. The highest BCUT2D eigenvalue weighted by atomic mass is 35.5. The van der Waals surface area contributed by atoms with Crippen LogP contribution in [-0.4, -0.2) is 15.8 Å². The number of nitrogens with zero attached hydrogens (tertiary/aromatic N) is 2. The number of benzene rings is 1. The van der Waals surface area contributed by atoms with E-state index < -0.39 is 0 Å². The largest absolute Gasteiger partial charge is 0.332 e. The van der Waals surface area contributed by atoms with Gasteiger partial charge in [0.1, 0.15) is 0 Å². The minimum absolute atomic E-state index is 0.0319. The summed E-state index contributed by atoms with van der Waals surface area (Å²) in [6, 6.07) is 7.49. The lowest BCUT2D eigenvalue weighted by atomic mass is 10.0. The molecule has 2 aromatic rings. The van der Waals surface area contributed by atoms with Crippen LogP contribution >= 0.6 is 11.6 Å². The van der Waals surface area contributed by atoms with Crippen LogP contribution in [0.25, 0.3) is 0 Å². The van der Waals surface area contributed by atoms with Crippen LogP contribution in [0.5, 0.6) is 0 Å². The third kappa shape index (κ3) is 3.90. The molecule has 128 valence electrons. The van der Waals surface area contributed by atoms with Gasteiger partial charge in [0.2, 0.25) is 0 Å². The van der Waals surface area contributed by atoms with Gasteiger partial charge < -0.3 is 10.6 Å². The van der Waals surface area contributed by atoms with Crippen LogP contribution in [0.1, 0.15) is 48.7 Å². The second-order valence-electron chi connectivity index (χ2n) is 6.55. The normalized spacial score (nSPS) is 16.5. The van der Waals surface area contributed by atoms with Crippen molar-refractivity contribution in [3.05, 3.63) is 52.3 Å². The Morgan fingerprint density at radius 3 is 2.50 bits per heavy atom. The van der Waals surface area contributed by atoms with Crippen molar-refractivity contribution in [2.75, 3.05) is 0 Å². The van der Waals surface area contributed by atoms with Gasteiger partial charge in [-0.25, -0.2) is 4.79 Å². The minimum atomic E-state index is -0.155. The molecule has 0 unspecified atom stereocenters. The fraction of sp³-hybridized carbons (Fsp3) is 0.444. The number of urea groups is 1. The fourth-order valence-electron chi connectivity index (χ4n) is 3.07. The molecule has 24 heavy (non-hydrogen) atoms. The van der Waals surface area contributed by atoms with Gasteiger partial charge >= 0.3 is 6.03 Å². The summed E-state index contributed by atoms with van der Waals surface area (Å²) in [7, 11) is 1.88. The van der Waals surface area contributed by atoms with Crippen LogP contribution in [0.15, 0.2) is 30.5 Å². The van der Waals surface area contributed by atoms with Crippen LogP contribution in [0, 0.1) is 12.8 Å². The molecule has 0 aliphatic heterocycles. The standard InChI is InChI=1S/C18H23ClN4O/c1-11(16-10-23(3)22-12(16)2)20-18(24)21-17(13-4-5-13)14-6-8-15(19)9-7-14/h6-11,13,17H,4-5H2,1-3H3,(H2,20,21,24)/t11-,17+/m1/s1. The zero-order valence-corrected chi connectivity index (χ0v) is 15.0. The molecule has 0 radical (unpaired) electrons. The highest BCUT2D eigenvalue weighted by molar-refractivity contribution is 6.30. The number of carbonyl (C=O) groups excluding carboxylic acids is 1. The van der Waals surface area contributed by atoms with Crippen LogP contribution in [-0.2, 0) is 7.05 Å². The topological polar surface area (TPSA) is 59.0 Å². The number of halogens is 1. The summed E-state index contributed by atoms with van der Waals surface area (Å²) in [5, 5.41) is 11.2. The molecule has 2 amide bonds. The van der Waals surface area contributed by atoms with Gasteiger partial charge in [0.05, 0.1) is 17.8 Å². The summed E-state index contributed by atoms with van der Waals surface area (Å²) in [5.74, 6) is 0.507. The van der Waals surface area contributed by atoms with Crippen molar-refractivity contribution in [3.8, 4) is 0 Å². The number of rotatable bonds is 5. The second kappa shape index (κ2) is 6.85. The van der Waals surface area contributed by atoms with Gasteiger partial charge in [-0.2, -0.15) is 5.10 Å². The summed E-state index contributed by atoms with van der Waals surface area (Å²) < 4.78 is 1.77. The van der Waals surface area contributed by atoms with Crippen LogP contribution < -0.4 is 10.6 Å². The Hall–Kier alpha value is -2.01. The van der Waals surface area contributed by atoms with Crippen molar-refractivity contribution < 1.29 is 4.79 Å². The van der Waals surface area contributed by atoms with E-state index in [2.05, 4.69) is 15.7 Å². The monoisotopic (exact) mass is 346 g/mol. The van der Waals surface area contributed by atoms with Crippen LogP contribution in [0.4, 0.5) is 4.79 Å². The first kappa shape index (κ1) is 16.8. The molecule has 1 fully saturated rings. The summed E-state index contributed by atoms with van der Waals surface area (Å²) >= 11 is 5.96. The molecule has 2 N–H and O–H groups in total. The van der Waals surface area contributed by atoms with E-state index in [4.69, 9.17) is 11.6 Å². The first-order chi connectivity index (χ1) is 11.4. The molecule has 5 nitrogen and oxygen atoms in total. The predicted molar refractivity (Wildman–Crippen MR) is 94.9 cm³/mol. The van der Waals surface area contributed by atoms with E-state index in [9.17, 15) is 4.79 Å². The lowest BCUT2D eigenvalue weighted by molar-refractivity contribution is 0.232. The van der Waals surface area contributed by atoms with Crippen LogP contribution in [0.2, 0.25) is 5.02 Å². The number of carbonyl (C=O) groups is 1. The summed E-state index contributed by atoms with van der Waals surface area (Å²) in [4.78, 5) is 12.5. The average Bonchev–Trinajstić information content (AvgIpc) is 3.30. The highest BCUT2D eigenvalue weighted by Crippen LogP contribution is 2.41. The third-order valence-electron chi connectivity index (χ3n) is 4.47. The van der Waals surface area contributed by atoms with Gasteiger partial charge in [-0.3, -0.25) is 4.68 Å². The Morgan fingerprint density at radius 2 is 1.96 bits per heavy atom. The van der Waals surface area contributed by atoms with Gasteiger partial charge in [-0.05, 0) is 50.3 Å². The van der Waals surface area contributed by atoms with Gasteiger partial charge in [-0.15, -0.1) is 0 Å². The molecular formula is C18H23ClN4O. The highest BCUT2D eigenvalue weighted by Gasteiger charge is 2.33. The Bertz CT molecular complexity index is 721. The van der Waals surface area contributed by atoms with E-state index >= 15 is 0 Å². The van der Waals surface area contributed by atoms with E-state index in [0.29, 0.717) is 10.9 Å². The molecule has 1 aromatic heterocycles. The summed E-state index contributed by atoms with van der Waals surface area (Å²) in [5.41, 5.74) is 3.06. The molecule has 1 saturated carbocycles. The second-order valence-corrected chi connectivity index (χ2v) is 6.99. The minimum Gasteiger partial charge on any atom is -0.332 e. The van der Waals surface area contributed by atoms with E-state index in [1.807, 2.05) is 51.4 Å². The number of aromatic nitrogens is 2. The quantitative estimate of drug-likeness (QED) is 0.862. The Labute approximate surface area is 147 Å². The molecule has 0 spiro atoms. The van der Waals surface area contributed by atoms with Crippen molar-refractivity contribution in [1.82, 2.24) is 20.4 Å². The maximum absolute atomic E-state index is 12.5. The van der Waals surface area contributed by atoms with Gasteiger partial charge in [-0.1, -0.05) is 23.7 Å². The van der Waals surface area contributed by atoms with E-state index in [1.54, 1.807) is 4.68 Å². The number of hydrogen-bond acceptors (Lipinski definition) is 2. The third-order valence-corrected chi connectivity index (χ3v) is 4.73. The Morgan fingerprint density at radius 1 is 1.29 bits per heavy atom. The maximum Gasteiger partial charge on any atom is 0.315 e. The molecule has 0 saturated heterocycles. The van der Waals surface area contributed by atoms with Gasteiger partial charge in [0.25, 0.3) is 0 Å². The predicted octanol–water partition coefficient (Wildman–Crippen LogP) is 3.89. The maximum atomic E-state index is 12.5. The molecule has 1 aliphatic rings. The zero-order valence-electron chi connectivity index (χ0n) is 14.2. The van der Waals surface area contributed by atoms with E-state index in [0.717, 1.165) is 29.7 Å². The van der Waals surface area contributed by atoms with Crippen molar-refractivity contribution in [1.29, 1.82) is 0 Å². The summed E-state index contributed by atoms with van der Waals surface area (Å²) in [6.45, 7) is 3.92. The molecule has 6 heteroatoms.